The molecule has 0 aliphatic heterocycles. The van der Waals surface area contributed by atoms with E-state index in [2.05, 4.69) is 11.1 Å². The molecule has 0 atom stereocenters. The van der Waals surface area contributed by atoms with E-state index < -0.39 is 0 Å². The number of ether oxygens (including phenoxy) is 1. The smallest absolute Gasteiger partial charge is 0.260 e. The predicted molar refractivity (Wildman–Crippen MR) is 119 cm³/mol. The van der Waals surface area contributed by atoms with Crippen LogP contribution in [0.2, 0.25) is 0 Å². The maximum absolute atomic E-state index is 13.4. The molecule has 0 unspecified atom stereocenters. The fourth-order valence-corrected chi connectivity index (χ4v) is 4.44. The Labute approximate surface area is 177 Å². The van der Waals surface area contributed by atoms with Crippen LogP contribution in [-0.2, 0) is 6.54 Å². The van der Waals surface area contributed by atoms with Crippen LogP contribution >= 0.6 is 23.1 Å². The molecule has 4 aromatic rings. The minimum Gasteiger partial charge on any atom is -0.497 e. The number of aromatic nitrogens is 2. The second-order valence-electron chi connectivity index (χ2n) is 6.31. The highest BCUT2D eigenvalue weighted by Crippen LogP contribution is 2.33. The zero-order valence-corrected chi connectivity index (χ0v) is 17.7. The number of anilines is 1. The highest BCUT2D eigenvalue weighted by molar-refractivity contribution is 7.98. The number of thioether (sulfide) groups is 1. The third-order valence-electron chi connectivity index (χ3n) is 4.46. The number of benzene rings is 2. The summed E-state index contributed by atoms with van der Waals surface area (Å²) in [6.07, 6.45) is 5.54. The zero-order valence-electron chi connectivity index (χ0n) is 16.0. The molecule has 0 aliphatic carbocycles. The van der Waals surface area contributed by atoms with Gasteiger partial charge in [0.05, 0.1) is 23.9 Å². The van der Waals surface area contributed by atoms with Crippen molar-refractivity contribution >= 4 is 44.4 Å². The average molecular weight is 422 g/mol. The Hall–Kier alpha value is -2.90. The topological polar surface area (TPSA) is 55.3 Å². The lowest BCUT2D eigenvalue weighted by Gasteiger charge is -2.20. The summed E-state index contributed by atoms with van der Waals surface area (Å²) < 4.78 is 6.27. The number of carbonyl (C=O) groups is 1. The van der Waals surface area contributed by atoms with E-state index in [1.54, 1.807) is 60.4 Å². The summed E-state index contributed by atoms with van der Waals surface area (Å²) >= 11 is 3.21. The lowest BCUT2D eigenvalue weighted by Crippen LogP contribution is -2.30. The molecule has 0 radical (unpaired) electrons. The van der Waals surface area contributed by atoms with Crippen LogP contribution in [0.5, 0.6) is 5.75 Å². The molecule has 7 heteroatoms. The van der Waals surface area contributed by atoms with Gasteiger partial charge in [0.1, 0.15) is 5.75 Å². The average Bonchev–Trinajstić information content (AvgIpc) is 3.20. The first-order chi connectivity index (χ1) is 14.2. The van der Waals surface area contributed by atoms with Gasteiger partial charge >= 0.3 is 0 Å². The van der Waals surface area contributed by atoms with Crippen molar-refractivity contribution in [2.24, 2.45) is 0 Å². The molecule has 0 spiro atoms. The van der Waals surface area contributed by atoms with E-state index in [1.807, 2.05) is 30.5 Å². The zero-order chi connectivity index (χ0) is 20.2. The van der Waals surface area contributed by atoms with Crippen LogP contribution in [-0.4, -0.2) is 29.2 Å². The monoisotopic (exact) mass is 421 g/mol. The summed E-state index contributed by atoms with van der Waals surface area (Å²) in [5, 5.41) is 0.669. The number of fused-ring (bicyclic) bond motifs is 1. The fourth-order valence-electron chi connectivity index (χ4n) is 2.93. The van der Waals surface area contributed by atoms with Crippen molar-refractivity contribution in [1.29, 1.82) is 0 Å². The maximum atomic E-state index is 13.4. The molecule has 5 nitrogen and oxygen atoms in total. The van der Waals surface area contributed by atoms with Crippen molar-refractivity contribution in [3.63, 3.8) is 0 Å². The Morgan fingerprint density at radius 2 is 2.00 bits per heavy atom. The first kappa shape index (κ1) is 19.4. The number of amides is 1. The summed E-state index contributed by atoms with van der Waals surface area (Å²) in [7, 11) is 1.61. The van der Waals surface area contributed by atoms with Crippen LogP contribution in [0.1, 0.15) is 15.9 Å². The standard InChI is InChI=1S/C22H19N3O2S2/c1-27-17-7-5-16(6-8-17)21(26)25(14-15-4-3-11-23-13-15)22-24-19-10-9-18(28-2)12-20(19)29-22/h3-13H,14H2,1-2H3. The number of thiazole rings is 1. The van der Waals surface area contributed by atoms with Crippen molar-refractivity contribution < 1.29 is 9.53 Å². The molecule has 0 fully saturated rings. The largest absolute Gasteiger partial charge is 0.497 e. The number of methoxy groups -OCH3 is 1. The Bertz CT molecular complexity index is 1130. The highest BCUT2D eigenvalue weighted by atomic mass is 32.2. The number of hydrogen-bond donors (Lipinski definition) is 0. The van der Waals surface area contributed by atoms with Gasteiger partial charge in [-0.3, -0.25) is 14.7 Å². The van der Waals surface area contributed by atoms with E-state index in [0.29, 0.717) is 23.0 Å². The van der Waals surface area contributed by atoms with Crippen molar-refractivity contribution in [2.75, 3.05) is 18.3 Å². The third-order valence-corrected chi connectivity index (χ3v) is 6.23. The number of carbonyl (C=O) groups excluding carboxylic acids is 1. The van der Waals surface area contributed by atoms with Crippen LogP contribution in [0.25, 0.3) is 10.2 Å². The van der Waals surface area contributed by atoms with Crippen molar-refractivity contribution in [3.05, 3.63) is 78.1 Å². The fraction of sp³-hybridized carbons (Fsp3) is 0.136. The molecular formula is C22H19N3O2S2. The Morgan fingerprint density at radius 1 is 1.17 bits per heavy atom. The van der Waals surface area contributed by atoms with Gasteiger partial charge in [0, 0.05) is 22.9 Å². The number of rotatable bonds is 6. The van der Waals surface area contributed by atoms with E-state index in [1.165, 1.54) is 16.2 Å². The Morgan fingerprint density at radius 3 is 2.69 bits per heavy atom. The van der Waals surface area contributed by atoms with Gasteiger partial charge in [-0.1, -0.05) is 17.4 Å². The first-order valence-electron chi connectivity index (χ1n) is 8.97. The summed E-state index contributed by atoms with van der Waals surface area (Å²) in [4.78, 5) is 25.2. The summed E-state index contributed by atoms with van der Waals surface area (Å²) in [5.74, 6) is 0.602. The minimum atomic E-state index is -0.111. The van der Waals surface area contributed by atoms with Gasteiger partial charge in [0.15, 0.2) is 5.13 Å². The maximum Gasteiger partial charge on any atom is 0.260 e. The molecule has 146 valence electrons. The molecule has 0 aliphatic rings. The predicted octanol–water partition coefficient (Wildman–Crippen LogP) is 5.27. The molecular weight excluding hydrogens is 402 g/mol. The van der Waals surface area contributed by atoms with Gasteiger partial charge in [0.25, 0.3) is 5.91 Å². The molecule has 0 saturated heterocycles. The molecule has 2 aromatic carbocycles. The van der Waals surface area contributed by atoms with E-state index >= 15 is 0 Å². The van der Waals surface area contributed by atoms with E-state index in [9.17, 15) is 4.79 Å². The van der Waals surface area contributed by atoms with Gasteiger partial charge in [-0.25, -0.2) is 4.98 Å². The SMILES string of the molecule is COc1ccc(C(=O)N(Cc2cccnc2)c2nc3ccc(SC)cc3s2)cc1. The summed E-state index contributed by atoms with van der Waals surface area (Å²) in [5.41, 5.74) is 2.42. The Balaban J connectivity index is 1.74. The lowest BCUT2D eigenvalue weighted by atomic mass is 10.2. The Kier molecular flexibility index (Phi) is 5.78. The van der Waals surface area contributed by atoms with Gasteiger partial charge < -0.3 is 4.74 Å². The van der Waals surface area contributed by atoms with E-state index in [4.69, 9.17) is 9.72 Å². The lowest BCUT2D eigenvalue weighted by molar-refractivity contribution is 0.0985. The summed E-state index contributed by atoms with van der Waals surface area (Å²) in [6.45, 7) is 0.397. The van der Waals surface area contributed by atoms with Crippen molar-refractivity contribution in [2.45, 2.75) is 11.4 Å². The van der Waals surface area contributed by atoms with Gasteiger partial charge in [-0.2, -0.15) is 0 Å². The number of hydrogen-bond acceptors (Lipinski definition) is 6. The third kappa shape index (κ3) is 4.26. The number of nitrogens with zero attached hydrogens (tertiary/aromatic N) is 3. The second kappa shape index (κ2) is 8.63. The highest BCUT2D eigenvalue weighted by Gasteiger charge is 2.22. The van der Waals surface area contributed by atoms with Crippen molar-refractivity contribution in [1.82, 2.24) is 9.97 Å². The molecule has 0 saturated carbocycles. The van der Waals surface area contributed by atoms with Gasteiger partial charge in [-0.15, -0.1) is 11.8 Å². The van der Waals surface area contributed by atoms with Gasteiger partial charge in [-0.05, 0) is 60.4 Å². The molecule has 29 heavy (non-hydrogen) atoms. The molecule has 2 heterocycles. The van der Waals surface area contributed by atoms with Crippen LogP contribution in [0, 0.1) is 0 Å². The summed E-state index contributed by atoms with van der Waals surface area (Å²) in [6, 6.07) is 17.1. The number of pyridine rings is 1. The van der Waals surface area contributed by atoms with Gasteiger partial charge in [0.2, 0.25) is 0 Å². The van der Waals surface area contributed by atoms with E-state index in [0.717, 1.165) is 15.8 Å². The van der Waals surface area contributed by atoms with E-state index in [-0.39, 0.29) is 5.91 Å². The van der Waals surface area contributed by atoms with Crippen LogP contribution < -0.4 is 9.64 Å². The normalized spacial score (nSPS) is 10.8. The molecule has 0 N–H and O–H groups in total. The second-order valence-corrected chi connectivity index (χ2v) is 8.20. The molecule has 4 rings (SSSR count). The molecule has 1 amide bonds. The first-order valence-corrected chi connectivity index (χ1v) is 11.0. The van der Waals surface area contributed by atoms with Crippen LogP contribution in [0.4, 0.5) is 5.13 Å². The van der Waals surface area contributed by atoms with Crippen molar-refractivity contribution in [3.8, 4) is 5.75 Å². The van der Waals surface area contributed by atoms with Crippen LogP contribution in [0.15, 0.2) is 71.9 Å². The molecule has 2 aromatic heterocycles. The minimum absolute atomic E-state index is 0.111. The molecule has 0 bridgehead atoms. The van der Waals surface area contributed by atoms with Crippen LogP contribution in [0.3, 0.4) is 0 Å². The quantitative estimate of drug-likeness (QED) is 0.397.